The Morgan fingerprint density at radius 3 is 2.63 bits per heavy atom. The summed E-state index contributed by atoms with van der Waals surface area (Å²) in [5.74, 6) is 1.46. The SMILES string of the molecule is CNc1ncc(C)c(-c2ccccc2OC(C)C)n1. The van der Waals surface area contributed by atoms with Crippen molar-refractivity contribution in [3.63, 3.8) is 0 Å². The molecule has 0 saturated carbocycles. The molecule has 19 heavy (non-hydrogen) atoms. The third-order valence-electron chi connectivity index (χ3n) is 2.70. The van der Waals surface area contributed by atoms with Crippen molar-refractivity contribution in [3.8, 4) is 17.0 Å². The summed E-state index contributed by atoms with van der Waals surface area (Å²) < 4.78 is 5.85. The third-order valence-corrected chi connectivity index (χ3v) is 2.70. The zero-order chi connectivity index (χ0) is 13.8. The molecule has 0 amide bonds. The summed E-state index contributed by atoms with van der Waals surface area (Å²) in [6.45, 7) is 6.03. The second kappa shape index (κ2) is 5.69. The Morgan fingerprint density at radius 1 is 1.21 bits per heavy atom. The van der Waals surface area contributed by atoms with Crippen LogP contribution >= 0.6 is 0 Å². The maximum Gasteiger partial charge on any atom is 0.222 e. The van der Waals surface area contributed by atoms with Gasteiger partial charge in [-0.05, 0) is 38.5 Å². The molecule has 1 N–H and O–H groups in total. The summed E-state index contributed by atoms with van der Waals surface area (Å²) in [7, 11) is 1.81. The molecule has 1 heterocycles. The number of hydrogen-bond donors (Lipinski definition) is 1. The zero-order valence-corrected chi connectivity index (χ0v) is 11.8. The number of para-hydroxylation sites is 1. The molecule has 0 aliphatic carbocycles. The van der Waals surface area contributed by atoms with Crippen LogP contribution in [0.3, 0.4) is 0 Å². The molecule has 0 bridgehead atoms. The summed E-state index contributed by atoms with van der Waals surface area (Å²) in [6, 6.07) is 7.95. The van der Waals surface area contributed by atoms with E-state index in [2.05, 4.69) is 15.3 Å². The van der Waals surface area contributed by atoms with Crippen LogP contribution < -0.4 is 10.1 Å². The van der Waals surface area contributed by atoms with Crippen molar-refractivity contribution in [1.29, 1.82) is 0 Å². The lowest BCUT2D eigenvalue weighted by Gasteiger charge is -2.15. The normalized spacial score (nSPS) is 10.6. The molecule has 0 fully saturated rings. The van der Waals surface area contributed by atoms with E-state index >= 15 is 0 Å². The highest BCUT2D eigenvalue weighted by atomic mass is 16.5. The van der Waals surface area contributed by atoms with Crippen LogP contribution in [0, 0.1) is 6.92 Å². The largest absolute Gasteiger partial charge is 0.490 e. The molecule has 4 heteroatoms. The van der Waals surface area contributed by atoms with Crippen LogP contribution in [0.1, 0.15) is 19.4 Å². The van der Waals surface area contributed by atoms with E-state index in [9.17, 15) is 0 Å². The predicted octanol–water partition coefficient (Wildman–Crippen LogP) is 3.28. The van der Waals surface area contributed by atoms with Gasteiger partial charge in [-0.1, -0.05) is 12.1 Å². The molecule has 0 unspecified atom stereocenters. The van der Waals surface area contributed by atoms with Crippen LogP contribution in [0.4, 0.5) is 5.95 Å². The lowest BCUT2D eigenvalue weighted by molar-refractivity contribution is 0.243. The van der Waals surface area contributed by atoms with E-state index < -0.39 is 0 Å². The Kier molecular flexibility index (Phi) is 4.00. The molecule has 2 aromatic rings. The number of benzene rings is 1. The lowest BCUT2D eigenvalue weighted by Crippen LogP contribution is -2.07. The van der Waals surface area contributed by atoms with Crippen molar-refractivity contribution in [3.05, 3.63) is 36.0 Å². The first-order valence-electron chi connectivity index (χ1n) is 6.39. The summed E-state index contributed by atoms with van der Waals surface area (Å²) in [6.07, 6.45) is 1.95. The maximum absolute atomic E-state index is 5.85. The first-order chi connectivity index (χ1) is 9.11. The number of ether oxygens (including phenoxy) is 1. The molecule has 0 aliphatic rings. The van der Waals surface area contributed by atoms with Gasteiger partial charge in [-0.3, -0.25) is 0 Å². The Hall–Kier alpha value is -2.10. The van der Waals surface area contributed by atoms with Crippen LogP contribution in [-0.2, 0) is 0 Å². The van der Waals surface area contributed by atoms with Gasteiger partial charge in [0, 0.05) is 18.8 Å². The molecule has 1 aromatic carbocycles. The van der Waals surface area contributed by atoms with Gasteiger partial charge < -0.3 is 10.1 Å². The highest BCUT2D eigenvalue weighted by Crippen LogP contribution is 2.31. The van der Waals surface area contributed by atoms with E-state index in [1.54, 1.807) is 0 Å². The van der Waals surface area contributed by atoms with Crippen LogP contribution in [0.25, 0.3) is 11.3 Å². The van der Waals surface area contributed by atoms with Gasteiger partial charge in [0.2, 0.25) is 5.95 Å². The van der Waals surface area contributed by atoms with E-state index in [-0.39, 0.29) is 6.10 Å². The van der Waals surface area contributed by atoms with Crippen molar-refractivity contribution in [2.75, 3.05) is 12.4 Å². The smallest absolute Gasteiger partial charge is 0.222 e. The number of anilines is 1. The monoisotopic (exact) mass is 257 g/mol. The average Bonchev–Trinajstić information content (AvgIpc) is 2.40. The van der Waals surface area contributed by atoms with Crippen LogP contribution in [0.15, 0.2) is 30.5 Å². The van der Waals surface area contributed by atoms with Crippen LogP contribution in [0.2, 0.25) is 0 Å². The molecular weight excluding hydrogens is 238 g/mol. The molecule has 0 aliphatic heterocycles. The van der Waals surface area contributed by atoms with E-state index in [1.807, 2.05) is 58.3 Å². The molecule has 0 atom stereocenters. The number of hydrogen-bond acceptors (Lipinski definition) is 4. The zero-order valence-electron chi connectivity index (χ0n) is 11.8. The first-order valence-corrected chi connectivity index (χ1v) is 6.39. The van der Waals surface area contributed by atoms with Gasteiger partial charge in [0.15, 0.2) is 0 Å². The second-order valence-corrected chi connectivity index (χ2v) is 4.64. The minimum Gasteiger partial charge on any atom is -0.490 e. The summed E-state index contributed by atoms with van der Waals surface area (Å²) in [5.41, 5.74) is 2.92. The molecule has 0 radical (unpaired) electrons. The van der Waals surface area contributed by atoms with Crippen LogP contribution in [-0.4, -0.2) is 23.1 Å². The summed E-state index contributed by atoms with van der Waals surface area (Å²) in [5, 5.41) is 2.96. The van der Waals surface area contributed by atoms with E-state index in [4.69, 9.17) is 4.74 Å². The molecule has 1 aromatic heterocycles. The maximum atomic E-state index is 5.85. The van der Waals surface area contributed by atoms with Gasteiger partial charge in [-0.15, -0.1) is 0 Å². The number of aryl methyl sites for hydroxylation is 1. The molecular formula is C15H19N3O. The highest BCUT2D eigenvalue weighted by molar-refractivity contribution is 5.70. The van der Waals surface area contributed by atoms with Crippen molar-refractivity contribution in [1.82, 2.24) is 9.97 Å². The van der Waals surface area contributed by atoms with Crippen molar-refractivity contribution < 1.29 is 4.74 Å². The standard InChI is InChI=1S/C15H19N3O/c1-10(2)19-13-8-6-5-7-12(13)14-11(3)9-17-15(16-4)18-14/h5-10H,1-4H3,(H,16,17,18). The van der Waals surface area contributed by atoms with E-state index in [1.165, 1.54) is 0 Å². The molecule has 0 saturated heterocycles. The molecule has 2 rings (SSSR count). The third kappa shape index (κ3) is 3.02. The van der Waals surface area contributed by atoms with Gasteiger partial charge in [0.05, 0.1) is 11.8 Å². The minimum atomic E-state index is 0.132. The topological polar surface area (TPSA) is 47.0 Å². The Balaban J connectivity index is 2.52. The van der Waals surface area contributed by atoms with Gasteiger partial charge in [-0.25, -0.2) is 9.97 Å². The fourth-order valence-electron chi connectivity index (χ4n) is 1.85. The van der Waals surface area contributed by atoms with Gasteiger partial charge >= 0.3 is 0 Å². The predicted molar refractivity (Wildman–Crippen MR) is 77.5 cm³/mol. The number of nitrogens with one attached hydrogen (secondary N) is 1. The Bertz CT molecular complexity index is 567. The fourth-order valence-corrected chi connectivity index (χ4v) is 1.85. The van der Waals surface area contributed by atoms with E-state index in [0.29, 0.717) is 5.95 Å². The molecule has 0 spiro atoms. The van der Waals surface area contributed by atoms with E-state index in [0.717, 1.165) is 22.6 Å². The number of rotatable bonds is 4. The first kappa shape index (κ1) is 13.3. The highest BCUT2D eigenvalue weighted by Gasteiger charge is 2.12. The average molecular weight is 257 g/mol. The minimum absolute atomic E-state index is 0.132. The quantitative estimate of drug-likeness (QED) is 0.913. The lowest BCUT2D eigenvalue weighted by atomic mass is 10.1. The summed E-state index contributed by atoms with van der Waals surface area (Å²) >= 11 is 0. The van der Waals surface area contributed by atoms with Crippen molar-refractivity contribution in [2.24, 2.45) is 0 Å². The molecule has 100 valence electrons. The van der Waals surface area contributed by atoms with Crippen LogP contribution in [0.5, 0.6) is 5.75 Å². The number of aromatic nitrogens is 2. The van der Waals surface area contributed by atoms with Crippen molar-refractivity contribution in [2.45, 2.75) is 26.9 Å². The fraction of sp³-hybridized carbons (Fsp3) is 0.333. The van der Waals surface area contributed by atoms with Gasteiger partial charge in [-0.2, -0.15) is 0 Å². The van der Waals surface area contributed by atoms with Gasteiger partial charge in [0.1, 0.15) is 5.75 Å². The van der Waals surface area contributed by atoms with Crippen molar-refractivity contribution >= 4 is 5.95 Å². The second-order valence-electron chi connectivity index (χ2n) is 4.64. The number of nitrogens with zero attached hydrogens (tertiary/aromatic N) is 2. The summed E-state index contributed by atoms with van der Waals surface area (Å²) in [4.78, 5) is 8.74. The Morgan fingerprint density at radius 2 is 1.95 bits per heavy atom. The Labute approximate surface area is 113 Å². The molecule has 4 nitrogen and oxygen atoms in total. The van der Waals surface area contributed by atoms with Gasteiger partial charge in [0.25, 0.3) is 0 Å².